The number of carbonyl (C=O) groups is 2. The molecule has 0 aliphatic rings. The highest BCUT2D eigenvalue weighted by Gasteiger charge is 2.12. The average Bonchev–Trinajstić information content (AvgIpc) is 2.24. The van der Waals surface area contributed by atoms with Crippen LogP contribution >= 0.6 is 11.6 Å². The first-order valence-corrected chi connectivity index (χ1v) is 5.21. The Labute approximate surface area is 94.8 Å². The van der Waals surface area contributed by atoms with Crippen molar-refractivity contribution in [1.29, 1.82) is 0 Å². The van der Waals surface area contributed by atoms with Crippen LogP contribution in [0.25, 0.3) is 0 Å². The van der Waals surface area contributed by atoms with Crippen molar-refractivity contribution >= 4 is 24.0 Å². The predicted molar refractivity (Wildman–Crippen MR) is 58.7 cm³/mol. The number of likely N-dealkylation sites (N-methyl/N-ethyl adjacent to an activating group) is 1. The number of unbranched alkanes of at least 4 members (excludes halogenated alkanes) is 1. The largest absolute Gasteiger partial charge is 0.463 e. The van der Waals surface area contributed by atoms with Crippen LogP contribution < -0.4 is 0 Å². The maximum absolute atomic E-state index is 11.5. The molecular formula is C10H16ClNO3. The topological polar surface area (TPSA) is 46.6 Å². The van der Waals surface area contributed by atoms with Gasteiger partial charge < -0.3 is 9.64 Å². The third-order valence-corrected chi connectivity index (χ3v) is 2.12. The minimum absolute atomic E-state index is 0.0534. The molecule has 0 saturated carbocycles. The fourth-order valence-corrected chi connectivity index (χ4v) is 1.20. The van der Waals surface area contributed by atoms with Gasteiger partial charge in [0.1, 0.15) is 6.61 Å². The molecule has 0 aromatic heterocycles. The summed E-state index contributed by atoms with van der Waals surface area (Å²) in [6.07, 6.45) is 1.73. The van der Waals surface area contributed by atoms with Gasteiger partial charge in [-0.25, -0.2) is 0 Å². The van der Waals surface area contributed by atoms with Crippen molar-refractivity contribution < 1.29 is 14.3 Å². The first-order valence-electron chi connectivity index (χ1n) is 4.68. The Morgan fingerprint density at radius 2 is 2.20 bits per heavy atom. The lowest BCUT2D eigenvalue weighted by atomic mass is 10.2. The Morgan fingerprint density at radius 1 is 1.53 bits per heavy atom. The highest BCUT2D eigenvalue weighted by atomic mass is 35.5. The number of nitrogens with zero attached hydrogens (tertiary/aromatic N) is 1. The van der Waals surface area contributed by atoms with Gasteiger partial charge in [-0.3, -0.25) is 9.59 Å². The zero-order valence-electron chi connectivity index (χ0n) is 8.87. The highest BCUT2D eigenvalue weighted by Crippen LogP contribution is 2.01. The SMILES string of the molecule is C=C(COC=O)C(=O)N(C)CCCCCl. The lowest BCUT2D eigenvalue weighted by Crippen LogP contribution is -2.30. The summed E-state index contributed by atoms with van der Waals surface area (Å²) in [5, 5.41) is 0. The van der Waals surface area contributed by atoms with Gasteiger partial charge >= 0.3 is 0 Å². The van der Waals surface area contributed by atoms with E-state index in [0.29, 0.717) is 18.9 Å². The van der Waals surface area contributed by atoms with Crippen LogP contribution in [0.5, 0.6) is 0 Å². The van der Waals surface area contributed by atoms with Crippen LogP contribution in [0.15, 0.2) is 12.2 Å². The molecule has 0 aliphatic heterocycles. The minimum Gasteiger partial charge on any atom is -0.463 e. The Hall–Kier alpha value is -1.03. The van der Waals surface area contributed by atoms with Gasteiger partial charge in [-0.1, -0.05) is 6.58 Å². The predicted octanol–water partition coefficient (Wildman–Crippen LogP) is 1.19. The van der Waals surface area contributed by atoms with Crippen molar-refractivity contribution in [1.82, 2.24) is 4.90 Å². The zero-order valence-corrected chi connectivity index (χ0v) is 9.63. The molecule has 15 heavy (non-hydrogen) atoms. The van der Waals surface area contributed by atoms with Crippen LogP contribution in [-0.2, 0) is 14.3 Å². The molecule has 0 saturated heterocycles. The number of alkyl halides is 1. The fourth-order valence-electron chi connectivity index (χ4n) is 1.01. The second kappa shape index (κ2) is 8.29. The molecular weight excluding hydrogens is 218 g/mol. The van der Waals surface area contributed by atoms with Crippen molar-refractivity contribution in [3.8, 4) is 0 Å². The van der Waals surface area contributed by atoms with E-state index in [4.69, 9.17) is 11.6 Å². The Morgan fingerprint density at radius 3 is 2.73 bits per heavy atom. The van der Waals surface area contributed by atoms with Gasteiger partial charge in [0.25, 0.3) is 12.4 Å². The number of hydrogen-bond acceptors (Lipinski definition) is 3. The van der Waals surface area contributed by atoms with Crippen molar-refractivity contribution in [2.45, 2.75) is 12.8 Å². The van der Waals surface area contributed by atoms with Gasteiger partial charge in [-0.15, -0.1) is 11.6 Å². The highest BCUT2D eigenvalue weighted by molar-refractivity contribution is 6.17. The molecule has 0 aromatic carbocycles. The van der Waals surface area contributed by atoms with E-state index in [0.717, 1.165) is 12.8 Å². The molecule has 0 atom stereocenters. The van der Waals surface area contributed by atoms with E-state index < -0.39 is 0 Å². The van der Waals surface area contributed by atoms with E-state index in [1.165, 1.54) is 0 Å². The second-order valence-corrected chi connectivity index (χ2v) is 3.51. The fraction of sp³-hybridized carbons (Fsp3) is 0.600. The van der Waals surface area contributed by atoms with Gasteiger partial charge in [-0.05, 0) is 12.8 Å². The lowest BCUT2D eigenvalue weighted by molar-refractivity contribution is -0.130. The first-order chi connectivity index (χ1) is 7.13. The van der Waals surface area contributed by atoms with E-state index >= 15 is 0 Å². The third kappa shape index (κ3) is 6.12. The maximum Gasteiger partial charge on any atom is 0.293 e. The van der Waals surface area contributed by atoms with Crippen LogP contribution in [0, 0.1) is 0 Å². The van der Waals surface area contributed by atoms with Gasteiger partial charge in [0.2, 0.25) is 0 Å². The van der Waals surface area contributed by atoms with E-state index in [2.05, 4.69) is 11.3 Å². The van der Waals surface area contributed by atoms with Crippen molar-refractivity contribution in [2.75, 3.05) is 26.1 Å². The number of ether oxygens (including phenoxy) is 1. The molecule has 0 aromatic rings. The molecule has 86 valence electrons. The van der Waals surface area contributed by atoms with Crippen LogP contribution in [0.3, 0.4) is 0 Å². The zero-order chi connectivity index (χ0) is 11.7. The number of rotatable bonds is 8. The summed E-state index contributed by atoms with van der Waals surface area (Å²) in [4.78, 5) is 23.0. The van der Waals surface area contributed by atoms with Crippen LogP contribution in [-0.4, -0.2) is 43.4 Å². The molecule has 4 nitrogen and oxygen atoms in total. The number of amides is 1. The summed E-state index contributed by atoms with van der Waals surface area (Å²) < 4.78 is 4.44. The summed E-state index contributed by atoms with van der Waals surface area (Å²) in [5.41, 5.74) is 0.274. The van der Waals surface area contributed by atoms with Crippen LogP contribution in [0.1, 0.15) is 12.8 Å². The van der Waals surface area contributed by atoms with E-state index in [-0.39, 0.29) is 18.1 Å². The molecule has 0 fully saturated rings. The van der Waals surface area contributed by atoms with E-state index in [1.807, 2.05) is 0 Å². The summed E-state index contributed by atoms with van der Waals surface area (Å²) in [5.74, 6) is 0.392. The van der Waals surface area contributed by atoms with Crippen LogP contribution in [0.2, 0.25) is 0 Å². The van der Waals surface area contributed by atoms with Gasteiger partial charge in [0.05, 0.1) is 0 Å². The molecule has 0 bridgehead atoms. The molecule has 5 heteroatoms. The van der Waals surface area contributed by atoms with Crippen molar-refractivity contribution in [3.63, 3.8) is 0 Å². The Balaban J connectivity index is 3.85. The summed E-state index contributed by atoms with van der Waals surface area (Å²) in [6.45, 7) is 4.42. The number of hydrogen-bond donors (Lipinski definition) is 0. The Kier molecular flexibility index (Phi) is 7.72. The molecule has 0 rings (SSSR count). The second-order valence-electron chi connectivity index (χ2n) is 3.13. The standard InChI is InChI=1S/C10H16ClNO3/c1-9(7-15-8-13)10(14)12(2)6-4-3-5-11/h8H,1,3-7H2,2H3. The lowest BCUT2D eigenvalue weighted by Gasteiger charge is -2.17. The monoisotopic (exact) mass is 233 g/mol. The molecule has 0 unspecified atom stereocenters. The minimum atomic E-state index is -0.202. The normalized spacial score (nSPS) is 9.47. The van der Waals surface area contributed by atoms with Crippen LogP contribution in [0.4, 0.5) is 0 Å². The summed E-state index contributed by atoms with van der Waals surface area (Å²) in [6, 6.07) is 0. The molecule has 0 N–H and O–H groups in total. The van der Waals surface area contributed by atoms with Crippen molar-refractivity contribution in [2.24, 2.45) is 0 Å². The van der Waals surface area contributed by atoms with Gasteiger partial charge in [-0.2, -0.15) is 0 Å². The smallest absolute Gasteiger partial charge is 0.293 e. The van der Waals surface area contributed by atoms with E-state index in [9.17, 15) is 9.59 Å². The maximum atomic E-state index is 11.5. The molecule has 0 heterocycles. The molecule has 0 radical (unpaired) electrons. The Bertz CT molecular complexity index is 231. The quantitative estimate of drug-likeness (QED) is 0.274. The van der Waals surface area contributed by atoms with Gasteiger partial charge in [0, 0.05) is 25.0 Å². The summed E-state index contributed by atoms with van der Waals surface area (Å²) >= 11 is 5.52. The number of halogens is 1. The molecule has 0 spiro atoms. The summed E-state index contributed by atoms with van der Waals surface area (Å²) in [7, 11) is 1.68. The molecule has 0 aliphatic carbocycles. The third-order valence-electron chi connectivity index (χ3n) is 1.85. The van der Waals surface area contributed by atoms with E-state index in [1.54, 1.807) is 11.9 Å². The average molecular weight is 234 g/mol. The van der Waals surface area contributed by atoms with Crippen molar-refractivity contribution in [3.05, 3.63) is 12.2 Å². The van der Waals surface area contributed by atoms with Gasteiger partial charge in [0.15, 0.2) is 0 Å². The number of carbonyl (C=O) groups excluding carboxylic acids is 2. The first kappa shape index (κ1) is 14.0. The molecule has 1 amide bonds.